The Labute approximate surface area is 155 Å². The SMILES string of the molecule is CCN1CCN(C(=O)c2cncc(Nc3ccccc3C(F)(F)F)c2)CC1. The topological polar surface area (TPSA) is 48.5 Å². The van der Waals surface area contributed by atoms with E-state index in [1.54, 1.807) is 4.90 Å². The lowest BCUT2D eigenvalue weighted by Crippen LogP contribution is -2.48. The van der Waals surface area contributed by atoms with Gasteiger partial charge in [-0.1, -0.05) is 19.1 Å². The average molecular weight is 378 g/mol. The summed E-state index contributed by atoms with van der Waals surface area (Å²) in [5.41, 5.74) is -0.149. The Hall–Kier alpha value is -2.61. The second-order valence-electron chi connectivity index (χ2n) is 6.36. The van der Waals surface area contributed by atoms with Crippen molar-refractivity contribution in [1.82, 2.24) is 14.8 Å². The van der Waals surface area contributed by atoms with Gasteiger partial charge < -0.3 is 15.1 Å². The number of piperazine rings is 1. The Kier molecular flexibility index (Phi) is 5.65. The van der Waals surface area contributed by atoms with Gasteiger partial charge >= 0.3 is 6.18 Å². The molecule has 1 saturated heterocycles. The number of pyridine rings is 1. The van der Waals surface area contributed by atoms with Gasteiger partial charge in [-0.15, -0.1) is 0 Å². The summed E-state index contributed by atoms with van der Waals surface area (Å²) >= 11 is 0. The first kappa shape index (κ1) is 19.2. The summed E-state index contributed by atoms with van der Waals surface area (Å²) in [4.78, 5) is 20.7. The van der Waals surface area contributed by atoms with Crippen LogP contribution in [0.2, 0.25) is 0 Å². The van der Waals surface area contributed by atoms with Crippen LogP contribution in [0.25, 0.3) is 0 Å². The van der Waals surface area contributed by atoms with Crippen molar-refractivity contribution in [2.24, 2.45) is 0 Å². The summed E-state index contributed by atoms with van der Waals surface area (Å²) in [6.07, 6.45) is -1.63. The minimum atomic E-state index is -4.47. The van der Waals surface area contributed by atoms with Crippen molar-refractivity contribution in [3.05, 3.63) is 53.9 Å². The number of rotatable bonds is 4. The number of aromatic nitrogens is 1. The number of benzene rings is 1. The smallest absolute Gasteiger partial charge is 0.354 e. The first-order chi connectivity index (χ1) is 12.9. The lowest BCUT2D eigenvalue weighted by Gasteiger charge is -2.34. The molecule has 1 amide bonds. The molecule has 8 heteroatoms. The van der Waals surface area contributed by atoms with E-state index in [0.29, 0.717) is 24.3 Å². The zero-order chi connectivity index (χ0) is 19.4. The van der Waals surface area contributed by atoms with E-state index < -0.39 is 11.7 Å². The Morgan fingerprint density at radius 1 is 1.15 bits per heavy atom. The highest BCUT2D eigenvalue weighted by atomic mass is 19.4. The van der Waals surface area contributed by atoms with Gasteiger partial charge in [-0.05, 0) is 24.7 Å². The number of amides is 1. The van der Waals surface area contributed by atoms with Crippen LogP contribution in [-0.4, -0.2) is 53.4 Å². The summed E-state index contributed by atoms with van der Waals surface area (Å²) in [7, 11) is 0. The number of alkyl halides is 3. The number of anilines is 2. The van der Waals surface area contributed by atoms with Crippen molar-refractivity contribution in [3.63, 3.8) is 0 Å². The van der Waals surface area contributed by atoms with Gasteiger partial charge in [0.25, 0.3) is 5.91 Å². The van der Waals surface area contributed by atoms with Crippen molar-refractivity contribution >= 4 is 17.3 Å². The number of hydrogen-bond acceptors (Lipinski definition) is 4. The largest absolute Gasteiger partial charge is 0.418 e. The molecule has 27 heavy (non-hydrogen) atoms. The van der Waals surface area contributed by atoms with E-state index in [1.807, 2.05) is 0 Å². The number of nitrogens with one attached hydrogen (secondary N) is 1. The molecule has 0 aliphatic carbocycles. The monoisotopic (exact) mass is 378 g/mol. The Bertz CT molecular complexity index is 802. The van der Waals surface area contributed by atoms with Crippen molar-refractivity contribution in [2.45, 2.75) is 13.1 Å². The zero-order valence-corrected chi connectivity index (χ0v) is 15.0. The molecule has 1 aliphatic rings. The maximum absolute atomic E-state index is 13.1. The van der Waals surface area contributed by atoms with E-state index in [9.17, 15) is 18.0 Å². The first-order valence-corrected chi connectivity index (χ1v) is 8.78. The van der Waals surface area contributed by atoms with Gasteiger partial charge in [0.05, 0.1) is 28.7 Å². The Morgan fingerprint density at radius 3 is 2.52 bits per heavy atom. The zero-order valence-electron chi connectivity index (χ0n) is 15.0. The van der Waals surface area contributed by atoms with Gasteiger partial charge in [0.1, 0.15) is 0 Å². The van der Waals surface area contributed by atoms with Crippen LogP contribution in [-0.2, 0) is 6.18 Å². The molecule has 1 fully saturated rings. The van der Waals surface area contributed by atoms with Crippen LogP contribution in [0.15, 0.2) is 42.7 Å². The number of carbonyl (C=O) groups is 1. The highest BCUT2D eigenvalue weighted by Crippen LogP contribution is 2.35. The molecular formula is C19H21F3N4O. The molecule has 1 aliphatic heterocycles. The summed E-state index contributed by atoms with van der Waals surface area (Å²) in [6, 6.07) is 6.75. The van der Waals surface area contributed by atoms with Crippen molar-refractivity contribution in [3.8, 4) is 0 Å². The second-order valence-corrected chi connectivity index (χ2v) is 6.36. The minimum absolute atomic E-state index is 0.0760. The Balaban J connectivity index is 1.76. The van der Waals surface area contributed by atoms with Crippen LogP contribution in [0.5, 0.6) is 0 Å². The summed E-state index contributed by atoms with van der Waals surface area (Å²) in [5.74, 6) is -0.161. The van der Waals surface area contributed by atoms with Crippen LogP contribution < -0.4 is 5.32 Å². The molecule has 5 nitrogen and oxygen atoms in total. The van der Waals surface area contributed by atoms with Gasteiger partial charge in [-0.25, -0.2) is 0 Å². The van der Waals surface area contributed by atoms with Gasteiger partial charge in [0.2, 0.25) is 0 Å². The van der Waals surface area contributed by atoms with Gasteiger partial charge in [-0.3, -0.25) is 9.78 Å². The van der Waals surface area contributed by atoms with E-state index in [4.69, 9.17) is 0 Å². The molecule has 0 unspecified atom stereocenters. The molecular weight excluding hydrogens is 357 g/mol. The summed E-state index contributed by atoms with van der Waals surface area (Å²) in [5, 5.41) is 2.73. The lowest BCUT2D eigenvalue weighted by atomic mass is 10.1. The average Bonchev–Trinajstić information content (AvgIpc) is 2.67. The molecule has 0 radical (unpaired) electrons. The van der Waals surface area contributed by atoms with E-state index in [1.165, 1.54) is 36.7 Å². The first-order valence-electron chi connectivity index (χ1n) is 8.78. The molecule has 2 aromatic rings. The molecule has 144 valence electrons. The Morgan fingerprint density at radius 2 is 1.85 bits per heavy atom. The number of hydrogen-bond donors (Lipinski definition) is 1. The van der Waals surface area contributed by atoms with Crippen LogP contribution in [0.1, 0.15) is 22.8 Å². The molecule has 0 saturated carbocycles. The number of halogens is 3. The predicted octanol–water partition coefficient (Wildman–Crippen LogP) is 3.62. The maximum atomic E-state index is 13.1. The van der Waals surface area contributed by atoms with Crippen molar-refractivity contribution in [2.75, 3.05) is 38.0 Å². The molecule has 3 rings (SSSR count). The molecule has 1 N–H and O–H groups in total. The van der Waals surface area contributed by atoms with Gasteiger partial charge in [-0.2, -0.15) is 13.2 Å². The molecule has 1 aromatic heterocycles. The highest BCUT2D eigenvalue weighted by molar-refractivity contribution is 5.95. The quantitative estimate of drug-likeness (QED) is 0.883. The second kappa shape index (κ2) is 7.96. The number of para-hydroxylation sites is 1. The normalized spacial score (nSPS) is 15.6. The number of carbonyl (C=O) groups excluding carboxylic acids is 1. The number of likely N-dealkylation sites (N-methyl/N-ethyl adjacent to an activating group) is 1. The van der Waals surface area contributed by atoms with Crippen LogP contribution >= 0.6 is 0 Å². The van der Waals surface area contributed by atoms with Crippen LogP contribution in [0, 0.1) is 0 Å². The third-order valence-electron chi connectivity index (χ3n) is 4.60. The third kappa shape index (κ3) is 4.57. The highest BCUT2D eigenvalue weighted by Gasteiger charge is 2.33. The molecule has 0 bridgehead atoms. The molecule has 2 heterocycles. The maximum Gasteiger partial charge on any atom is 0.418 e. The van der Waals surface area contributed by atoms with Gasteiger partial charge in [0, 0.05) is 32.4 Å². The third-order valence-corrected chi connectivity index (χ3v) is 4.60. The van der Waals surface area contributed by atoms with E-state index >= 15 is 0 Å². The standard InChI is InChI=1S/C19H21F3N4O/c1-2-25-7-9-26(10-8-25)18(27)14-11-15(13-23-12-14)24-17-6-4-3-5-16(17)19(20,21)22/h3-6,11-13,24H,2,7-10H2,1H3. The predicted molar refractivity (Wildman–Crippen MR) is 97.0 cm³/mol. The fourth-order valence-electron chi connectivity index (χ4n) is 3.07. The minimum Gasteiger partial charge on any atom is -0.354 e. The van der Waals surface area contributed by atoms with E-state index in [0.717, 1.165) is 25.7 Å². The van der Waals surface area contributed by atoms with Crippen molar-refractivity contribution < 1.29 is 18.0 Å². The van der Waals surface area contributed by atoms with E-state index in [-0.39, 0.29) is 11.6 Å². The van der Waals surface area contributed by atoms with E-state index in [2.05, 4.69) is 22.1 Å². The van der Waals surface area contributed by atoms with Crippen LogP contribution in [0.4, 0.5) is 24.5 Å². The fraction of sp³-hybridized carbons (Fsp3) is 0.368. The molecule has 0 spiro atoms. The summed E-state index contributed by atoms with van der Waals surface area (Å²) < 4.78 is 39.4. The van der Waals surface area contributed by atoms with Crippen LogP contribution in [0.3, 0.4) is 0 Å². The van der Waals surface area contributed by atoms with Gasteiger partial charge in [0.15, 0.2) is 0 Å². The number of nitrogens with zero attached hydrogens (tertiary/aromatic N) is 3. The lowest BCUT2D eigenvalue weighted by molar-refractivity contribution is -0.136. The molecule has 1 aromatic carbocycles. The fourth-order valence-corrected chi connectivity index (χ4v) is 3.07. The van der Waals surface area contributed by atoms with Crippen molar-refractivity contribution in [1.29, 1.82) is 0 Å². The summed E-state index contributed by atoms with van der Waals surface area (Å²) in [6.45, 7) is 5.90. The molecule has 0 atom stereocenters.